The Balaban J connectivity index is 1.47. The monoisotopic (exact) mass is 498 g/mol. The molecule has 0 radical (unpaired) electrons. The molecule has 2 aromatic carbocycles. The minimum Gasteiger partial charge on any atom is -0.423 e. The van der Waals surface area contributed by atoms with Crippen LogP contribution in [0.15, 0.2) is 73.8 Å². The molecule has 0 aliphatic heterocycles. The summed E-state index contributed by atoms with van der Waals surface area (Å²) in [5.41, 5.74) is 2.51. The minimum absolute atomic E-state index is 0.106. The fourth-order valence-corrected chi connectivity index (χ4v) is 8.60. The predicted octanol–water partition coefficient (Wildman–Crippen LogP) is 7.90. The van der Waals surface area contributed by atoms with Crippen LogP contribution in [0.1, 0.15) is 86.2 Å². The zero-order valence-electron chi connectivity index (χ0n) is 22.5. The van der Waals surface area contributed by atoms with Gasteiger partial charge in [0, 0.05) is 5.41 Å². The van der Waals surface area contributed by atoms with Crippen molar-refractivity contribution in [3.05, 3.63) is 90.5 Å². The van der Waals surface area contributed by atoms with Crippen LogP contribution in [0.2, 0.25) is 0 Å². The van der Waals surface area contributed by atoms with Crippen molar-refractivity contribution in [3.63, 3.8) is 0 Å². The Labute approximate surface area is 222 Å². The number of rotatable bonds is 8. The molecular weight excluding hydrogens is 456 g/mol. The summed E-state index contributed by atoms with van der Waals surface area (Å²) in [5, 5.41) is 12.2. The summed E-state index contributed by atoms with van der Waals surface area (Å²) in [6.45, 7) is 12.7. The lowest BCUT2D eigenvalue weighted by atomic mass is 9.50. The summed E-state index contributed by atoms with van der Waals surface area (Å²) in [7, 11) is 0. The largest absolute Gasteiger partial charge is 0.423 e. The zero-order valence-corrected chi connectivity index (χ0v) is 22.5. The predicted molar refractivity (Wildman–Crippen MR) is 150 cm³/mol. The molecule has 2 fully saturated rings. The van der Waals surface area contributed by atoms with E-state index in [1.165, 1.54) is 17.5 Å². The lowest BCUT2D eigenvalue weighted by molar-refractivity contribution is -0.124. The van der Waals surface area contributed by atoms with Gasteiger partial charge in [-0.2, -0.15) is 0 Å². The van der Waals surface area contributed by atoms with Gasteiger partial charge in [-0.1, -0.05) is 63.1 Å². The average molecular weight is 499 g/mol. The Kier molecular flexibility index (Phi) is 7.20. The summed E-state index contributed by atoms with van der Waals surface area (Å²) in [4.78, 5) is 12.7. The Morgan fingerprint density at radius 3 is 2.65 bits per heavy atom. The van der Waals surface area contributed by atoms with Crippen molar-refractivity contribution in [2.75, 3.05) is 0 Å². The topological polar surface area (TPSA) is 46.5 Å². The van der Waals surface area contributed by atoms with Gasteiger partial charge in [-0.15, -0.1) is 13.2 Å². The highest BCUT2D eigenvalue weighted by Crippen LogP contribution is 2.68. The van der Waals surface area contributed by atoms with E-state index in [2.05, 4.69) is 39.1 Å². The van der Waals surface area contributed by atoms with Crippen LogP contribution in [-0.4, -0.2) is 16.7 Å². The molecule has 5 rings (SSSR count). The molecule has 196 valence electrons. The molecule has 0 heterocycles. The molecule has 0 amide bonds. The van der Waals surface area contributed by atoms with E-state index >= 15 is 0 Å². The number of carbonyl (C=O) groups is 1. The maximum absolute atomic E-state index is 12.7. The van der Waals surface area contributed by atoms with E-state index in [0.717, 1.165) is 38.5 Å². The molecule has 2 saturated carbocycles. The number of fused-ring (bicyclic) bond motifs is 5. The van der Waals surface area contributed by atoms with E-state index in [9.17, 15) is 9.90 Å². The average Bonchev–Trinajstić information content (AvgIpc) is 3.11. The van der Waals surface area contributed by atoms with E-state index in [1.54, 1.807) is 12.1 Å². The summed E-state index contributed by atoms with van der Waals surface area (Å²) in [6, 6.07) is 15.5. The molecule has 4 unspecified atom stereocenters. The van der Waals surface area contributed by atoms with Crippen molar-refractivity contribution in [1.82, 2.24) is 0 Å². The maximum atomic E-state index is 12.7. The van der Waals surface area contributed by atoms with E-state index < -0.39 is 5.60 Å². The lowest BCUT2D eigenvalue weighted by Crippen LogP contribution is -2.53. The molecule has 3 heteroatoms. The molecule has 0 spiro atoms. The van der Waals surface area contributed by atoms with E-state index in [4.69, 9.17) is 4.74 Å². The number of benzene rings is 2. The number of hydrogen-bond donors (Lipinski definition) is 1. The van der Waals surface area contributed by atoms with Crippen LogP contribution in [0.25, 0.3) is 0 Å². The number of aliphatic hydroxyl groups is 1. The molecule has 3 aliphatic rings. The summed E-state index contributed by atoms with van der Waals surface area (Å²) in [5.74, 6) is 2.68. The van der Waals surface area contributed by atoms with Gasteiger partial charge < -0.3 is 9.84 Å². The summed E-state index contributed by atoms with van der Waals surface area (Å²) >= 11 is 0. The normalized spacial score (nSPS) is 34.1. The number of carbonyl (C=O) groups excluding carboxylic acids is 1. The number of allylic oxidation sites excluding steroid dienone is 1. The Bertz CT molecular complexity index is 1150. The molecule has 2 aromatic rings. The van der Waals surface area contributed by atoms with Crippen molar-refractivity contribution in [2.45, 2.75) is 76.7 Å². The first-order chi connectivity index (χ1) is 17.9. The van der Waals surface area contributed by atoms with Crippen LogP contribution in [0, 0.1) is 29.1 Å². The van der Waals surface area contributed by atoms with Gasteiger partial charge in [-0.05, 0) is 104 Å². The van der Waals surface area contributed by atoms with Gasteiger partial charge in [0.15, 0.2) is 0 Å². The van der Waals surface area contributed by atoms with E-state index in [0.29, 0.717) is 41.4 Å². The second kappa shape index (κ2) is 10.3. The highest BCUT2D eigenvalue weighted by molar-refractivity contribution is 5.91. The molecule has 1 N–H and O–H groups in total. The fourth-order valence-electron chi connectivity index (χ4n) is 8.60. The second-order valence-corrected chi connectivity index (χ2v) is 12.0. The van der Waals surface area contributed by atoms with Crippen LogP contribution in [0.5, 0.6) is 5.75 Å². The van der Waals surface area contributed by atoms with Crippen LogP contribution in [0.3, 0.4) is 0 Å². The molecule has 3 aliphatic carbocycles. The smallest absolute Gasteiger partial charge is 0.343 e. The first-order valence-electron chi connectivity index (χ1n) is 14.2. The van der Waals surface area contributed by atoms with Crippen molar-refractivity contribution in [2.24, 2.45) is 29.1 Å². The second-order valence-electron chi connectivity index (χ2n) is 12.0. The highest BCUT2D eigenvalue weighted by Gasteiger charge is 2.65. The lowest BCUT2D eigenvalue weighted by Gasteiger charge is -2.56. The quantitative estimate of drug-likeness (QED) is 0.229. The number of esters is 1. The SMILES string of the molecule is C=CC[C@@H]1CC2C3C(CCC)Cc4cc(OC(=O)c5ccccc5)ccc4C3CC[C@]2(C)[C@]1(O)CC=C. The Morgan fingerprint density at radius 1 is 1.16 bits per heavy atom. The molecule has 0 saturated heterocycles. The van der Waals surface area contributed by atoms with Crippen molar-refractivity contribution in [3.8, 4) is 5.75 Å². The molecule has 7 atom stereocenters. The third-order valence-corrected chi connectivity index (χ3v) is 10.3. The summed E-state index contributed by atoms with van der Waals surface area (Å²) < 4.78 is 5.79. The number of ether oxygens (including phenoxy) is 1. The zero-order chi connectivity index (χ0) is 26.2. The first kappa shape index (κ1) is 26.0. The number of hydrogen-bond acceptors (Lipinski definition) is 3. The molecule has 0 bridgehead atoms. The Morgan fingerprint density at radius 2 is 1.95 bits per heavy atom. The van der Waals surface area contributed by atoms with Crippen molar-refractivity contribution < 1.29 is 14.6 Å². The van der Waals surface area contributed by atoms with Gasteiger partial charge in [0.25, 0.3) is 0 Å². The van der Waals surface area contributed by atoms with Gasteiger partial charge in [0.2, 0.25) is 0 Å². The highest BCUT2D eigenvalue weighted by atomic mass is 16.5. The third kappa shape index (κ3) is 4.30. The maximum Gasteiger partial charge on any atom is 0.343 e. The van der Waals surface area contributed by atoms with Gasteiger partial charge >= 0.3 is 5.97 Å². The van der Waals surface area contributed by atoms with Gasteiger partial charge in [0.1, 0.15) is 5.75 Å². The summed E-state index contributed by atoms with van der Waals surface area (Å²) in [6.07, 6.45) is 12.0. The fraction of sp³-hybridized carbons (Fsp3) is 0.500. The van der Waals surface area contributed by atoms with Crippen molar-refractivity contribution in [1.29, 1.82) is 0 Å². The Hall–Kier alpha value is -2.65. The molecule has 37 heavy (non-hydrogen) atoms. The minimum atomic E-state index is -0.717. The van der Waals surface area contributed by atoms with Crippen molar-refractivity contribution >= 4 is 5.97 Å². The van der Waals surface area contributed by atoms with Gasteiger partial charge in [-0.25, -0.2) is 4.79 Å². The van der Waals surface area contributed by atoms with E-state index in [1.807, 2.05) is 36.4 Å². The van der Waals surface area contributed by atoms with Gasteiger partial charge in [-0.3, -0.25) is 0 Å². The third-order valence-electron chi connectivity index (χ3n) is 10.3. The first-order valence-corrected chi connectivity index (χ1v) is 14.2. The van der Waals surface area contributed by atoms with Crippen LogP contribution in [-0.2, 0) is 6.42 Å². The van der Waals surface area contributed by atoms with Crippen LogP contribution < -0.4 is 4.74 Å². The van der Waals surface area contributed by atoms with E-state index in [-0.39, 0.29) is 17.3 Å². The van der Waals surface area contributed by atoms with Gasteiger partial charge in [0.05, 0.1) is 11.2 Å². The molecule has 0 aromatic heterocycles. The standard InChI is InChI=1S/C34H42O3/c1-5-11-24-20-25-21-27(37-32(35)23-13-9-8-10-14-23)15-16-28(25)29-17-19-33(4)30(31(24)29)22-26(12-6-2)34(33,36)18-7-3/h6-10,13-16,21,24,26,29-31,36H,2-3,5,11-12,17-20,22H2,1,4H3/t24?,26-,29?,30?,31?,33+,34+/m1/s1. The molecule has 3 nitrogen and oxygen atoms in total. The molecular formula is C34H42O3. The van der Waals surface area contributed by atoms with Crippen LogP contribution in [0.4, 0.5) is 0 Å². The van der Waals surface area contributed by atoms with Crippen LogP contribution >= 0.6 is 0 Å².